The summed E-state index contributed by atoms with van der Waals surface area (Å²) in [5.74, 6) is -1.29. The minimum Gasteiger partial charge on any atom is -0.444 e. The maximum Gasteiger partial charge on any atom is 0.340 e. The van der Waals surface area contributed by atoms with Crippen molar-refractivity contribution in [2.45, 2.75) is 13.0 Å². The number of nitrogens with one attached hydrogen (secondary N) is 1. The molecular weight excluding hydrogens is 356 g/mol. The average Bonchev–Trinajstić information content (AvgIpc) is 2.73. The Kier molecular flexibility index (Phi) is 5.91. The number of ether oxygens (including phenoxy) is 1. The number of carbonyl (C=O) groups excluding carboxylic acids is 3. The third-order valence-electron chi connectivity index (χ3n) is 4.00. The van der Waals surface area contributed by atoms with E-state index in [1.54, 1.807) is 72.9 Å². The zero-order valence-corrected chi connectivity index (χ0v) is 15.2. The molecule has 6 heteroatoms. The number of amides is 1. The lowest BCUT2D eigenvalue weighted by molar-refractivity contribution is -0.125. The van der Waals surface area contributed by atoms with Crippen molar-refractivity contribution in [1.29, 1.82) is 0 Å². The molecule has 6 nitrogen and oxygen atoms in total. The van der Waals surface area contributed by atoms with Crippen LogP contribution in [0, 0.1) is 0 Å². The van der Waals surface area contributed by atoms with Gasteiger partial charge >= 0.3 is 5.97 Å². The molecule has 0 saturated carbocycles. The molecule has 0 spiro atoms. The smallest absolute Gasteiger partial charge is 0.340 e. The Hall–Kier alpha value is -3.80. The normalized spacial score (nSPS) is 11.3. The molecule has 28 heavy (non-hydrogen) atoms. The Labute approximate surface area is 162 Å². The second-order valence-corrected chi connectivity index (χ2v) is 6.06. The van der Waals surface area contributed by atoms with E-state index in [1.807, 2.05) is 0 Å². The summed E-state index contributed by atoms with van der Waals surface area (Å²) in [6.45, 7) is 1.45. The molecule has 140 valence electrons. The highest BCUT2D eigenvalue weighted by atomic mass is 16.5. The fourth-order valence-electron chi connectivity index (χ4n) is 2.58. The van der Waals surface area contributed by atoms with Crippen LogP contribution in [0.25, 0.3) is 0 Å². The van der Waals surface area contributed by atoms with Gasteiger partial charge in [-0.2, -0.15) is 0 Å². The highest BCUT2D eigenvalue weighted by Crippen LogP contribution is 2.22. The zero-order valence-electron chi connectivity index (χ0n) is 15.2. The molecule has 2 aromatic carbocycles. The van der Waals surface area contributed by atoms with Gasteiger partial charge in [0.25, 0.3) is 5.91 Å². The maximum atomic E-state index is 12.9. The number of hydrogen-bond donors (Lipinski definition) is 1. The predicted octanol–water partition coefficient (Wildman–Crippen LogP) is 3.82. The molecule has 0 aliphatic carbocycles. The number of rotatable bonds is 6. The Morgan fingerprint density at radius 1 is 0.929 bits per heavy atom. The fourth-order valence-corrected chi connectivity index (χ4v) is 2.58. The Balaban J connectivity index is 1.84. The van der Waals surface area contributed by atoms with Crippen LogP contribution < -0.4 is 5.32 Å². The van der Waals surface area contributed by atoms with E-state index in [9.17, 15) is 14.4 Å². The van der Waals surface area contributed by atoms with E-state index < -0.39 is 18.0 Å². The molecule has 0 fully saturated rings. The molecule has 3 rings (SSSR count). The van der Waals surface area contributed by atoms with Gasteiger partial charge in [0, 0.05) is 29.2 Å². The predicted molar refractivity (Wildman–Crippen MR) is 104 cm³/mol. The summed E-state index contributed by atoms with van der Waals surface area (Å²) in [7, 11) is 0. The van der Waals surface area contributed by atoms with Crippen molar-refractivity contribution in [3.63, 3.8) is 0 Å². The quantitative estimate of drug-likeness (QED) is 0.524. The van der Waals surface area contributed by atoms with Gasteiger partial charge < -0.3 is 10.1 Å². The van der Waals surface area contributed by atoms with E-state index in [0.717, 1.165) is 0 Å². The van der Waals surface area contributed by atoms with Crippen molar-refractivity contribution in [1.82, 2.24) is 4.98 Å². The largest absolute Gasteiger partial charge is 0.444 e. The van der Waals surface area contributed by atoms with Gasteiger partial charge in [0.05, 0.1) is 5.56 Å². The average molecular weight is 374 g/mol. The van der Waals surface area contributed by atoms with Crippen LogP contribution in [0.4, 0.5) is 5.69 Å². The number of hydrogen-bond acceptors (Lipinski definition) is 5. The van der Waals surface area contributed by atoms with Gasteiger partial charge in [-0.3, -0.25) is 14.6 Å². The number of Topliss-reactive ketones (excluding diaryl/α,β-unsaturated/α-hetero) is 1. The first-order valence-electron chi connectivity index (χ1n) is 8.62. The molecule has 1 aromatic heterocycles. The molecule has 1 unspecified atom stereocenters. The van der Waals surface area contributed by atoms with E-state index in [4.69, 9.17) is 4.74 Å². The summed E-state index contributed by atoms with van der Waals surface area (Å²) in [5.41, 5.74) is 1.69. The first kappa shape index (κ1) is 19.0. The van der Waals surface area contributed by atoms with Crippen LogP contribution >= 0.6 is 0 Å². The van der Waals surface area contributed by atoms with Crippen molar-refractivity contribution in [2.24, 2.45) is 0 Å². The van der Waals surface area contributed by atoms with Crippen LogP contribution in [0.3, 0.4) is 0 Å². The molecule has 1 N–H and O–H groups in total. The lowest BCUT2D eigenvalue weighted by Gasteiger charge is -2.18. The molecular formula is C22H18N2O4. The summed E-state index contributed by atoms with van der Waals surface area (Å²) in [5, 5.41) is 2.71. The van der Waals surface area contributed by atoms with Crippen molar-refractivity contribution in [3.05, 3.63) is 95.8 Å². The first-order valence-corrected chi connectivity index (χ1v) is 8.62. The second kappa shape index (κ2) is 8.73. The number of nitrogens with zero attached hydrogens (tertiary/aromatic N) is 1. The van der Waals surface area contributed by atoms with Crippen LogP contribution in [0.5, 0.6) is 0 Å². The Morgan fingerprint density at radius 3 is 2.36 bits per heavy atom. The number of benzene rings is 2. The van der Waals surface area contributed by atoms with Crippen LogP contribution in [0.15, 0.2) is 79.1 Å². The van der Waals surface area contributed by atoms with Crippen molar-refractivity contribution < 1.29 is 19.1 Å². The van der Waals surface area contributed by atoms with Crippen LogP contribution in [-0.2, 0) is 9.53 Å². The highest BCUT2D eigenvalue weighted by molar-refractivity contribution is 6.00. The second-order valence-electron chi connectivity index (χ2n) is 6.06. The molecule has 0 aliphatic rings. The summed E-state index contributed by atoms with van der Waals surface area (Å²) in [6.07, 6.45) is 1.76. The number of ketones is 1. The summed E-state index contributed by atoms with van der Waals surface area (Å²) in [6, 6.07) is 18.5. The Morgan fingerprint density at radius 2 is 1.68 bits per heavy atom. The molecule has 0 radical (unpaired) electrons. The third-order valence-corrected chi connectivity index (χ3v) is 4.00. The number of anilines is 1. The number of carbonyl (C=O) groups is 3. The molecule has 0 aliphatic heterocycles. The van der Waals surface area contributed by atoms with Crippen LogP contribution in [0.1, 0.15) is 39.3 Å². The van der Waals surface area contributed by atoms with Gasteiger partial charge in [0.1, 0.15) is 0 Å². The lowest BCUT2D eigenvalue weighted by atomic mass is 10.1. The minimum absolute atomic E-state index is 0.112. The van der Waals surface area contributed by atoms with Crippen molar-refractivity contribution in [2.75, 3.05) is 5.32 Å². The van der Waals surface area contributed by atoms with E-state index in [1.165, 1.54) is 13.1 Å². The molecule has 1 amide bonds. The third kappa shape index (κ3) is 4.67. The zero-order chi connectivity index (χ0) is 19.9. The van der Waals surface area contributed by atoms with E-state index >= 15 is 0 Å². The number of pyridine rings is 1. The van der Waals surface area contributed by atoms with Crippen LogP contribution in [-0.4, -0.2) is 22.6 Å². The topological polar surface area (TPSA) is 85.4 Å². The highest BCUT2D eigenvalue weighted by Gasteiger charge is 2.26. The monoisotopic (exact) mass is 374 g/mol. The van der Waals surface area contributed by atoms with E-state index in [-0.39, 0.29) is 11.3 Å². The van der Waals surface area contributed by atoms with Gasteiger partial charge in [-0.15, -0.1) is 0 Å². The maximum absolute atomic E-state index is 12.9. The first-order chi connectivity index (χ1) is 13.5. The standard InChI is InChI=1S/C22H18N2O4/c1-15(25)17-9-5-11-19(13-17)24-21(26)20(16-7-3-2-4-8-16)28-22(27)18-10-6-12-23-14-18/h2-14,20H,1H3,(H,24,26). The van der Waals surface area contributed by atoms with E-state index in [0.29, 0.717) is 16.8 Å². The van der Waals surface area contributed by atoms with Crippen molar-refractivity contribution >= 4 is 23.3 Å². The van der Waals surface area contributed by atoms with Gasteiger partial charge in [-0.1, -0.05) is 42.5 Å². The molecule has 1 atom stereocenters. The minimum atomic E-state index is -1.16. The Bertz CT molecular complexity index is 988. The SMILES string of the molecule is CC(=O)c1cccc(NC(=O)C(OC(=O)c2cccnc2)c2ccccc2)c1. The lowest BCUT2D eigenvalue weighted by Crippen LogP contribution is -2.26. The van der Waals surface area contributed by atoms with Crippen molar-refractivity contribution in [3.8, 4) is 0 Å². The number of esters is 1. The van der Waals surface area contributed by atoms with Crippen LogP contribution in [0.2, 0.25) is 0 Å². The summed E-state index contributed by atoms with van der Waals surface area (Å²) < 4.78 is 5.48. The van der Waals surface area contributed by atoms with Gasteiger partial charge in [-0.25, -0.2) is 4.79 Å². The summed E-state index contributed by atoms with van der Waals surface area (Å²) >= 11 is 0. The van der Waals surface area contributed by atoms with Gasteiger partial charge in [0.15, 0.2) is 5.78 Å². The molecule has 3 aromatic rings. The van der Waals surface area contributed by atoms with Gasteiger partial charge in [-0.05, 0) is 31.2 Å². The fraction of sp³-hybridized carbons (Fsp3) is 0.0909. The van der Waals surface area contributed by atoms with Gasteiger partial charge in [0.2, 0.25) is 6.10 Å². The van der Waals surface area contributed by atoms with E-state index in [2.05, 4.69) is 10.3 Å². The molecule has 0 bridgehead atoms. The molecule has 1 heterocycles. The summed E-state index contributed by atoms with van der Waals surface area (Å²) in [4.78, 5) is 40.8. The number of aromatic nitrogens is 1. The molecule has 0 saturated heterocycles.